The van der Waals surface area contributed by atoms with Gasteiger partial charge in [-0.2, -0.15) is 0 Å². The summed E-state index contributed by atoms with van der Waals surface area (Å²) in [5.41, 5.74) is 1.93. The zero-order chi connectivity index (χ0) is 18.5. The summed E-state index contributed by atoms with van der Waals surface area (Å²) in [6.07, 6.45) is 0. The van der Waals surface area contributed by atoms with Gasteiger partial charge in [0.25, 0.3) is 0 Å². The molecule has 4 rings (SSSR count). The molecule has 2 aliphatic heterocycles. The second-order valence-corrected chi connectivity index (χ2v) is 10.5. The number of nitrogens with zero attached hydrogens (tertiary/aromatic N) is 2. The molecule has 136 valence electrons. The third-order valence-corrected chi connectivity index (χ3v) is 7.72. The second-order valence-electron chi connectivity index (χ2n) is 6.60. The van der Waals surface area contributed by atoms with Crippen LogP contribution in [0.4, 0.5) is 5.69 Å². The maximum atomic E-state index is 12.3. The first-order chi connectivity index (χ1) is 12.3. The summed E-state index contributed by atoms with van der Waals surface area (Å²) in [6.45, 7) is 0.583. The molecule has 2 saturated heterocycles. The Kier molecular flexibility index (Phi) is 4.75. The number of thiocarbonyl (C=S) groups is 1. The van der Waals surface area contributed by atoms with Crippen molar-refractivity contribution >= 4 is 60.4 Å². The van der Waals surface area contributed by atoms with E-state index in [2.05, 4.69) is 15.9 Å². The number of halogens is 2. The van der Waals surface area contributed by atoms with E-state index in [0.29, 0.717) is 16.7 Å². The summed E-state index contributed by atoms with van der Waals surface area (Å²) in [4.78, 5) is 3.99. The number of rotatable bonds is 3. The number of hydrogen-bond donors (Lipinski definition) is 0. The van der Waals surface area contributed by atoms with Crippen LogP contribution in [0.25, 0.3) is 0 Å². The highest BCUT2D eigenvalue weighted by atomic mass is 79.9. The molecule has 2 aromatic rings. The van der Waals surface area contributed by atoms with E-state index in [0.717, 1.165) is 15.7 Å². The monoisotopic (exact) mass is 470 g/mol. The Morgan fingerprint density at radius 3 is 2.50 bits per heavy atom. The minimum Gasteiger partial charge on any atom is -0.338 e. The average molecular weight is 472 g/mol. The van der Waals surface area contributed by atoms with Gasteiger partial charge in [-0.3, -0.25) is 0 Å². The van der Waals surface area contributed by atoms with Crippen molar-refractivity contribution in [1.29, 1.82) is 0 Å². The van der Waals surface area contributed by atoms with Crippen LogP contribution in [-0.2, 0) is 16.4 Å². The van der Waals surface area contributed by atoms with Crippen LogP contribution in [-0.4, -0.2) is 42.0 Å². The minimum atomic E-state index is -3.10. The Morgan fingerprint density at radius 1 is 1.12 bits per heavy atom. The fraction of sp³-hybridized carbons (Fsp3) is 0.278. The quantitative estimate of drug-likeness (QED) is 0.636. The van der Waals surface area contributed by atoms with Gasteiger partial charge in [0, 0.05) is 21.7 Å². The van der Waals surface area contributed by atoms with Crippen LogP contribution < -0.4 is 4.90 Å². The van der Waals surface area contributed by atoms with E-state index in [1.165, 1.54) is 0 Å². The Balaban J connectivity index is 1.70. The third-order valence-electron chi connectivity index (χ3n) is 4.83. The molecule has 0 aliphatic carbocycles. The summed E-state index contributed by atoms with van der Waals surface area (Å²) in [5, 5.41) is 1.26. The van der Waals surface area contributed by atoms with Gasteiger partial charge >= 0.3 is 0 Å². The molecule has 8 heteroatoms. The summed E-state index contributed by atoms with van der Waals surface area (Å²) in [5.74, 6) is 0.243. The van der Waals surface area contributed by atoms with Gasteiger partial charge in [0.1, 0.15) is 0 Å². The van der Waals surface area contributed by atoms with Crippen molar-refractivity contribution in [3.63, 3.8) is 0 Å². The molecule has 0 radical (unpaired) electrons. The zero-order valence-corrected chi connectivity index (χ0v) is 17.7. The molecular formula is C18H16BrClN2O2S2. The number of fused-ring (bicyclic) bond motifs is 1. The van der Waals surface area contributed by atoms with Gasteiger partial charge in [0.15, 0.2) is 14.9 Å². The smallest absolute Gasteiger partial charge is 0.177 e. The van der Waals surface area contributed by atoms with Gasteiger partial charge in [-0.15, -0.1) is 0 Å². The highest BCUT2D eigenvalue weighted by Gasteiger charge is 2.51. The van der Waals surface area contributed by atoms with Crippen LogP contribution in [0.5, 0.6) is 0 Å². The summed E-state index contributed by atoms with van der Waals surface area (Å²) in [6, 6.07) is 15.1. The Labute approximate surface area is 171 Å². The third kappa shape index (κ3) is 3.38. The molecule has 2 atom stereocenters. The molecule has 26 heavy (non-hydrogen) atoms. The Morgan fingerprint density at radius 2 is 1.81 bits per heavy atom. The SMILES string of the molecule is O=S1(=O)C[C@@H]2[C@@H](C1)N(c1cccc(Cl)c1)C(=S)N2Cc1ccc(Br)cc1. The molecular weight excluding hydrogens is 456 g/mol. The van der Waals surface area contributed by atoms with E-state index in [1.54, 1.807) is 6.07 Å². The molecule has 2 heterocycles. The number of benzene rings is 2. The van der Waals surface area contributed by atoms with Crippen LogP contribution >= 0.6 is 39.7 Å². The van der Waals surface area contributed by atoms with Crippen LogP contribution in [0.1, 0.15) is 5.56 Å². The van der Waals surface area contributed by atoms with E-state index in [-0.39, 0.29) is 23.6 Å². The predicted octanol–water partition coefficient (Wildman–Crippen LogP) is 3.88. The van der Waals surface area contributed by atoms with Crippen LogP contribution in [0.15, 0.2) is 53.0 Å². The van der Waals surface area contributed by atoms with Gasteiger partial charge in [-0.25, -0.2) is 8.42 Å². The summed E-state index contributed by atoms with van der Waals surface area (Å²) in [7, 11) is -3.10. The maximum absolute atomic E-state index is 12.3. The highest BCUT2D eigenvalue weighted by Crippen LogP contribution is 2.36. The first kappa shape index (κ1) is 18.2. The van der Waals surface area contributed by atoms with E-state index in [1.807, 2.05) is 52.3 Å². The fourth-order valence-electron chi connectivity index (χ4n) is 3.68. The lowest BCUT2D eigenvalue weighted by Crippen LogP contribution is -2.37. The van der Waals surface area contributed by atoms with Crippen molar-refractivity contribution in [1.82, 2.24) is 4.90 Å². The van der Waals surface area contributed by atoms with E-state index < -0.39 is 9.84 Å². The topological polar surface area (TPSA) is 40.6 Å². The minimum absolute atomic E-state index is 0.112. The number of sulfone groups is 1. The highest BCUT2D eigenvalue weighted by molar-refractivity contribution is 9.10. The number of anilines is 1. The predicted molar refractivity (Wildman–Crippen MR) is 112 cm³/mol. The molecule has 2 aromatic carbocycles. The number of hydrogen-bond acceptors (Lipinski definition) is 3. The largest absolute Gasteiger partial charge is 0.338 e. The van der Waals surface area contributed by atoms with E-state index in [9.17, 15) is 8.42 Å². The van der Waals surface area contributed by atoms with Gasteiger partial charge in [-0.1, -0.05) is 45.7 Å². The average Bonchev–Trinajstić information content (AvgIpc) is 3.00. The Hall–Kier alpha value is -1.15. The first-order valence-electron chi connectivity index (χ1n) is 8.14. The second kappa shape index (κ2) is 6.78. The molecule has 0 N–H and O–H groups in total. The molecule has 2 aliphatic rings. The fourth-order valence-corrected chi connectivity index (χ4v) is 6.52. The van der Waals surface area contributed by atoms with E-state index in [4.69, 9.17) is 23.8 Å². The van der Waals surface area contributed by atoms with Crippen LogP contribution in [0.2, 0.25) is 5.02 Å². The van der Waals surface area contributed by atoms with Crippen molar-refractivity contribution in [2.45, 2.75) is 18.6 Å². The molecule has 2 fully saturated rings. The van der Waals surface area contributed by atoms with Gasteiger partial charge in [-0.05, 0) is 48.1 Å². The molecule has 0 amide bonds. The van der Waals surface area contributed by atoms with E-state index >= 15 is 0 Å². The van der Waals surface area contributed by atoms with Crippen molar-refractivity contribution < 1.29 is 8.42 Å². The standard InChI is InChI=1S/C18H16BrClN2O2S2/c19-13-6-4-12(5-7-13)9-21-16-10-26(23,24)11-17(16)22(18(21)25)15-3-1-2-14(20)8-15/h1-8,16-17H,9-11H2/t16-,17-/m1/s1. The van der Waals surface area contributed by atoms with Crippen molar-refractivity contribution in [3.8, 4) is 0 Å². The lowest BCUT2D eigenvalue weighted by atomic mass is 10.1. The molecule has 0 unspecified atom stereocenters. The lowest BCUT2D eigenvalue weighted by Gasteiger charge is -2.26. The van der Waals surface area contributed by atoms with Gasteiger partial charge in [0.05, 0.1) is 23.6 Å². The van der Waals surface area contributed by atoms with Crippen molar-refractivity contribution in [2.75, 3.05) is 16.4 Å². The maximum Gasteiger partial charge on any atom is 0.177 e. The van der Waals surface area contributed by atoms with Crippen LogP contribution in [0, 0.1) is 0 Å². The summed E-state index contributed by atoms with van der Waals surface area (Å²) >= 11 is 15.3. The molecule has 0 saturated carbocycles. The van der Waals surface area contributed by atoms with Gasteiger partial charge < -0.3 is 9.80 Å². The Bertz CT molecular complexity index is 965. The van der Waals surface area contributed by atoms with Crippen molar-refractivity contribution in [3.05, 3.63) is 63.6 Å². The van der Waals surface area contributed by atoms with Crippen molar-refractivity contribution in [2.24, 2.45) is 0 Å². The zero-order valence-electron chi connectivity index (χ0n) is 13.7. The molecule has 0 spiro atoms. The molecule has 4 nitrogen and oxygen atoms in total. The first-order valence-corrected chi connectivity index (χ1v) is 11.5. The molecule has 0 bridgehead atoms. The lowest BCUT2D eigenvalue weighted by molar-refractivity contribution is 0.351. The van der Waals surface area contributed by atoms with Gasteiger partial charge in [0.2, 0.25) is 0 Å². The molecule has 0 aromatic heterocycles. The summed E-state index contributed by atoms with van der Waals surface area (Å²) < 4.78 is 25.6. The van der Waals surface area contributed by atoms with Crippen LogP contribution in [0.3, 0.4) is 0 Å². The normalized spacial score (nSPS) is 24.2.